The SMILES string of the molecule is CC(C)(C)OC(=O)OC1[C@@H](CO)O[C@@H](n2cc(Br)c(NC(=O)OCc3ccc([N+](=O)[O-])cc3)nc2=O)C1(F)F.CC1(C)C(=O)N(Br)C(=O)N1Br.O=C(Nc1ccn([C@@H]2O[C@H](CO)C(O)C2(F)F)c(=O)n1)OCc1ccc([N+](=O)[O-])cc1.O=C(Nc1nc(=O)n([C@@H]2O[C@H](CO)C(O)C2(F)F)cc1Br)OCc1ccc([N+](=O)[O-])cc1. The molecule has 8 N–H and O–H groups in total. The molecule has 113 heavy (non-hydrogen) atoms. The number of benzene rings is 3. The Morgan fingerprint density at radius 1 is 0.549 bits per heavy atom. The minimum absolute atomic E-state index is 0.0780. The van der Waals surface area contributed by atoms with Crippen LogP contribution in [-0.2, 0) is 62.5 Å². The van der Waals surface area contributed by atoms with E-state index in [9.17, 15) is 106 Å². The Balaban J connectivity index is 0.000000221. The zero-order valence-corrected chi connectivity index (χ0v) is 64.3. The van der Waals surface area contributed by atoms with Gasteiger partial charge in [-0.15, -0.1) is 0 Å². The Bertz CT molecular complexity index is 4730. The third-order valence-corrected chi connectivity index (χ3v) is 18.4. The number of aliphatic hydroxyl groups excluding tert-OH is 5. The number of amides is 6. The summed E-state index contributed by atoms with van der Waals surface area (Å²) in [5.41, 5.74) is -4.64. The number of aliphatic hydroxyl groups is 5. The van der Waals surface area contributed by atoms with E-state index in [2.05, 4.69) is 95.1 Å². The number of imide groups is 1. The number of nitrogens with one attached hydrogen (secondary N) is 3. The molecule has 4 aliphatic rings. The standard InChI is InChI=1S/C22H23BrF2N4O10.C17H15BrF2N4O8.C17H16F2N4O8.C5H6Br2N2O2/c1-21(2,3)39-20(33)38-15-14(9-30)37-17(22(15,24)25)28-8-13(23)16(26-18(28)31)27-19(32)36-10-11-4-6-12(7-5-11)29(34)35;18-10-5-23(14-17(19,20)12(26)11(6-25)32-14)15(27)21-13(10)22-16(28)31-7-8-1-3-9(4-2-8)24(29)30;18-17(19)13(25)11(7-24)31-14(17)22-6-5-12(20-15(22)26)21-16(27)30-8-9-1-3-10(4-2-9)23(28)29;1-5(2)3(10)8(6)4(11)9(5)7/h4-8,14-15,17,30H,9-10H2,1-3H3,(H,26,27,31,32);1-5,11-12,14,25-26H,6-7H2,(H,21,22,27,28);1-6,11,13-14,24-25H,7-8H2,(H,20,21,26,27);1-2H3/t14-,15?,17-;11-,12?,14-;11-,13?,14-;/m111./s1. The van der Waals surface area contributed by atoms with Crippen LogP contribution in [0.4, 0.5) is 84.8 Å². The first-order chi connectivity index (χ1) is 52.7. The third kappa shape index (κ3) is 21.9. The molecule has 0 bridgehead atoms. The Hall–Kier alpha value is -10.3. The number of ether oxygens (including phenoxy) is 8. The smallest absolute Gasteiger partial charge is 0.444 e. The van der Waals surface area contributed by atoms with Crippen LogP contribution in [0.5, 0.6) is 0 Å². The zero-order valence-electron chi connectivity index (χ0n) is 58.0. The molecule has 52 heteroatoms. The molecule has 4 aliphatic heterocycles. The molecule has 6 aromatic rings. The molecular weight excluding hydrogens is 1810 g/mol. The predicted molar refractivity (Wildman–Crippen MR) is 379 cm³/mol. The van der Waals surface area contributed by atoms with Crippen molar-refractivity contribution in [2.24, 2.45) is 0 Å². The number of carbonyl (C=O) groups excluding carboxylic acids is 6. The van der Waals surface area contributed by atoms with Gasteiger partial charge in [-0.25, -0.2) is 42.3 Å². The Labute approximate surface area is 660 Å². The molecule has 42 nitrogen and oxygen atoms in total. The summed E-state index contributed by atoms with van der Waals surface area (Å²) >= 11 is 11.9. The molecule has 0 aliphatic carbocycles. The summed E-state index contributed by atoms with van der Waals surface area (Å²) in [5, 5.41) is 85.1. The number of urea groups is 1. The lowest BCUT2D eigenvalue weighted by molar-refractivity contribution is -0.385. The lowest BCUT2D eigenvalue weighted by Gasteiger charge is -2.26. The monoisotopic (exact) mass is 1870 g/mol. The maximum absolute atomic E-state index is 15.2. The first kappa shape index (κ1) is 89.9. The number of nitrogens with zero attached hydrogens (tertiary/aromatic N) is 11. The second-order valence-electron chi connectivity index (χ2n) is 24.9. The number of anilines is 3. The minimum atomic E-state index is -4.01. The fraction of sp³-hybridized carbons (Fsp3) is 0.410. The van der Waals surface area contributed by atoms with Crippen LogP contribution in [0.3, 0.4) is 0 Å². The van der Waals surface area contributed by atoms with E-state index in [4.69, 9.17) is 48.1 Å². The van der Waals surface area contributed by atoms with Gasteiger partial charge < -0.3 is 63.4 Å². The highest BCUT2D eigenvalue weighted by Crippen LogP contribution is 2.46. The fourth-order valence-electron chi connectivity index (χ4n) is 9.66. The van der Waals surface area contributed by atoms with Gasteiger partial charge in [0.15, 0.2) is 23.8 Å². The van der Waals surface area contributed by atoms with Gasteiger partial charge in [-0.05, 0) is 126 Å². The third-order valence-electron chi connectivity index (χ3n) is 15.4. The maximum atomic E-state index is 15.2. The predicted octanol–water partition coefficient (Wildman–Crippen LogP) is 7.49. The first-order valence-corrected chi connectivity index (χ1v) is 34.6. The first-order valence-electron chi connectivity index (χ1n) is 31.5. The molecule has 4 saturated heterocycles. The highest BCUT2D eigenvalue weighted by atomic mass is 79.9. The number of nitro groups is 3. The van der Waals surface area contributed by atoms with E-state index in [1.807, 2.05) is 0 Å². The minimum Gasteiger partial charge on any atom is -0.444 e. The number of aromatic nitrogens is 6. The quantitative estimate of drug-likeness (QED) is 0.00740. The highest BCUT2D eigenvalue weighted by Gasteiger charge is 2.64. The van der Waals surface area contributed by atoms with Crippen LogP contribution in [0.2, 0.25) is 0 Å². The Kier molecular flexibility index (Phi) is 29.5. The van der Waals surface area contributed by atoms with E-state index in [0.29, 0.717) is 30.4 Å². The average Bonchev–Trinajstić information content (AvgIpc) is 1.65. The van der Waals surface area contributed by atoms with Gasteiger partial charge in [0.25, 0.3) is 23.0 Å². The van der Waals surface area contributed by atoms with Gasteiger partial charge >= 0.3 is 65.3 Å². The number of hydrogen-bond acceptors (Lipinski definition) is 31. The van der Waals surface area contributed by atoms with Crippen LogP contribution in [0.1, 0.15) is 70.0 Å². The Morgan fingerprint density at radius 3 is 1.20 bits per heavy atom. The van der Waals surface area contributed by atoms with Crippen LogP contribution in [0.15, 0.2) is 121 Å². The van der Waals surface area contributed by atoms with Gasteiger partial charge in [0, 0.05) is 55.0 Å². The molecule has 3 aromatic carbocycles. The molecular formula is C61H60Br4F6N14O28. The van der Waals surface area contributed by atoms with Gasteiger partial charge in [-0.1, -0.05) is 0 Å². The van der Waals surface area contributed by atoms with E-state index in [0.717, 1.165) is 28.6 Å². The number of nitro benzene ring substituents is 3. The second kappa shape index (κ2) is 37.1. The fourth-order valence-corrected chi connectivity index (χ4v) is 11.6. The number of halogens is 10. The number of carbonyl (C=O) groups is 6. The van der Waals surface area contributed by atoms with Crippen molar-refractivity contribution in [3.05, 3.63) is 185 Å². The number of rotatable bonds is 19. The largest absolute Gasteiger partial charge is 0.509 e. The summed E-state index contributed by atoms with van der Waals surface area (Å²) in [4.78, 5) is 148. The van der Waals surface area contributed by atoms with Crippen LogP contribution in [0, 0.1) is 30.3 Å². The van der Waals surface area contributed by atoms with E-state index in [1.165, 1.54) is 97.5 Å². The molecule has 612 valence electrons. The van der Waals surface area contributed by atoms with Crippen LogP contribution < -0.4 is 33.0 Å². The van der Waals surface area contributed by atoms with Crippen molar-refractivity contribution in [1.82, 2.24) is 36.5 Å². The lowest BCUT2D eigenvalue weighted by Crippen LogP contribution is -2.45. The number of alkyl halides is 6. The van der Waals surface area contributed by atoms with Crippen LogP contribution in [0.25, 0.3) is 0 Å². The van der Waals surface area contributed by atoms with Gasteiger partial charge in [-0.2, -0.15) is 45.2 Å². The molecule has 3 unspecified atom stereocenters. The van der Waals surface area contributed by atoms with Crippen LogP contribution in [-0.4, -0.2) is 199 Å². The molecule has 3 aromatic heterocycles. The second-order valence-corrected chi connectivity index (χ2v) is 28.0. The van der Waals surface area contributed by atoms with Crippen molar-refractivity contribution in [3.8, 4) is 0 Å². The van der Waals surface area contributed by atoms with Gasteiger partial charge in [0.2, 0.25) is 24.8 Å². The molecule has 0 radical (unpaired) electrons. The molecule has 0 saturated carbocycles. The van der Waals surface area contributed by atoms with Crippen LogP contribution >= 0.6 is 64.2 Å². The number of non-ortho nitro benzene ring substituents is 3. The molecule has 6 amide bonds. The van der Waals surface area contributed by atoms with Gasteiger partial charge in [0.1, 0.15) is 55.1 Å². The topological polar surface area (TPSA) is 554 Å². The van der Waals surface area contributed by atoms with Crippen molar-refractivity contribution < 1.29 is 133 Å². The van der Waals surface area contributed by atoms with Crippen molar-refractivity contribution in [1.29, 1.82) is 0 Å². The van der Waals surface area contributed by atoms with Crippen molar-refractivity contribution in [3.63, 3.8) is 0 Å². The molecule has 0 spiro atoms. The maximum Gasteiger partial charge on any atom is 0.509 e. The normalized spacial score (nSPS) is 21.5. The highest BCUT2D eigenvalue weighted by molar-refractivity contribution is 9.11. The average molecular weight is 1870 g/mol. The zero-order chi connectivity index (χ0) is 84.3. The van der Waals surface area contributed by atoms with Gasteiger partial charge in [0.05, 0.1) is 75.8 Å². The molecule has 10 rings (SSSR count). The summed E-state index contributed by atoms with van der Waals surface area (Å²) in [6.45, 7) is 4.30. The molecule has 4 fully saturated rings. The Morgan fingerprint density at radius 2 is 0.894 bits per heavy atom. The summed E-state index contributed by atoms with van der Waals surface area (Å²) in [6, 6.07) is 16.3. The van der Waals surface area contributed by atoms with E-state index in [-0.39, 0.29) is 69.2 Å². The summed E-state index contributed by atoms with van der Waals surface area (Å²) < 4.78 is 130. The van der Waals surface area contributed by atoms with E-state index < -0.39 is 166 Å². The van der Waals surface area contributed by atoms with Gasteiger partial charge in [-0.3, -0.25) is 64.8 Å². The van der Waals surface area contributed by atoms with E-state index in [1.54, 1.807) is 13.8 Å². The molecule has 7 heterocycles. The van der Waals surface area contributed by atoms with Crippen molar-refractivity contribution in [2.75, 3.05) is 35.8 Å². The lowest BCUT2D eigenvalue weighted by atomic mass is 10.1. The van der Waals surface area contributed by atoms with E-state index >= 15 is 8.78 Å². The van der Waals surface area contributed by atoms with Crippen molar-refractivity contribution >= 4 is 135 Å². The molecule has 9 atom stereocenters. The summed E-state index contributed by atoms with van der Waals surface area (Å²) in [6.07, 6.45) is -20.5. The number of hydrogen-bond donors (Lipinski definition) is 8. The summed E-state index contributed by atoms with van der Waals surface area (Å²) in [7, 11) is 0. The summed E-state index contributed by atoms with van der Waals surface area (Å²) in [5.74, 6) is -13.0. The van der Waals surface area contributed by atoms with Crippen molar-refractivity contribution in [2.45, 2.75) is 139 Å².